The van der Waals surface area contributed by atoms with Gasteiger partial charge in [0.15, 0.2) is 6.29 Å². The van der Waals surface area contributed by atoms with Gasteiger partial charge < -0.3 is 9.80 Å². The van der Waals surface area contributed by atoms with E-state index in [-0.39, 0.29) is 31.0 Å². The van der Waals surface area contributed by atoms with E-state index >= 15 is 0 Å². The number of imide groups is 1. The number of nitrogens with zero attached hydrogens (tertiary/aromatic N) is 4. The van der Waals surface area contributed by atoms with Crippen molar-refractivity contribution < 1.29 is 19.2 Å². The molecule has 1 N–H and O–H groups in total. The van der Waals surface area contributed by atoms with Crippen molar-refractivity contribution in [3.8, 4) is 5.97 Å². The van der Waals surface area contributed by atoms with Crippen LogP contribution >= 0.6 is 0 Å². The van der Waals surface area contributed by atoms with E-state index in [0.717, 1.165) is 57.0 Å². The number of rotatable bonds is 9. The molecule has 3 aliphatic heterocycles. The number of hydrogen-bond acceptors (Lipinski definition) is 7. The van der Waals surface area contributed by atoms with Gasteiger partial charge in [0.05, 0.1) is 5.56 Å². The molecule has 1 aromatic rings. The number of piperidine rings is 1. The van der Waals surface area contributed by atoms with Gasteiger partial charge in [-0.25, -0.2) is 5.26 Å². The Labute approximate surface area is 225 Å². The molecule has 3 amide bonds. The standard InChI is InChI=1S/C28H38BN5O4/c1-32(25-7-8-26(36)31-27(25)37)28(38)24-6-5-23(18-22(24)19-35)34-16-14-33(15-17-34)13-3-2-4-21-9-11-29(20-30)12-10-21/h5-6,18-19,21,25H,2-4,7-17H2,1H3,(H,31,36,37). The average molecular weight is 519 g/mol. The summed E-state index contributed by atoms with van der Waals surface area (Å²) < 4.78 is 0. The first kappa shape index (κ1) is 27.8. The van der Waals surface area contributed by atoms with Crippen molar-refractivity contribution in [1.82, 2.24) is 15.1 Å². The van der Waals surface area contributed by atoms with Crippen LogP contribution in [0.1, 0.15) is 65.7 Å². The van der Waals surface area contributed by atoms with Crippen molar-refractivity contribution >= 4 is 36.4 Å². The second kappa shape index (κ2) is 13.1. The van der Waals surface area contributed by atoms with Gasteiger partial charge in [-0.2, -0.15) is 0 Å². The summed E-state index contributed by atoms with van der Waals surface area (Å²) in [4.78, 5) is 54.7. The van der Waals surface area contributed by atoms with Crippen molar-refractivity contribution in [1.29, 1.82) is 5.26 Å². The Balaban J connectivity index is 1.24. The number of unbranched alkanes of at least 4 members (excludes halogenated alkanes) is 1. The molecule has 10 heteroatoms. The number of aldehydes is 1. The number of amides is 3. The number of likely N-dealkylation sites (N-methyl/N-ethyl adjacent to an activating group) is 1. The Morgan fingerprint density at radius 3 is 2.55 bits per heavy atom. The van der Waals surface area contributed by atoms with Crippen LogP contribution in [0.5, 0.6) is 0 Å². The summed E-state index contributed by atoms with van der Waals surface area (Å²) in [7, 11) is 1.53. The second-order valence-electron chi connectivity index (χ2n) is 10.9. The summed E-state index contributed by atoms with van der Waals surface area (Å²) in [6.07, 6.45) is 9.42. The molecule has 1 aromatic carbocycles. The zero-order chi connectivity index (χ0) is 27.1. The van der Waals surface area contributed by atoms with Gasteiger partial charge in [-0.3, -0.25) is 29.4 Å². The van der Waals surface area contributed by atoms with Gasteiger partial charge in [0, 0.05) is 56.9 Å². The lowest BCUT2D eigenvalue weighted by Crippen LogP contribution is -2.53. The number of nitrogens with one attached hydrogen (secondary N) is 1. The quantitative estimate of drug-likeness (QED) is 0.231. The number of anilines is 1. The van der Waals surface area contributed by atoms with Crippen LogP contribution in [-0.2, 0) is 9.59 Å². The van der Waals surface area contributed by atoms with E-state index in [0.29, 0.717) is 11.8 Å². The number of piperazine rings is 1. The lowest BCUT2D eigenvalue weighted by molar-refractivity contribution is -0.136. The zero-order valence-corrected chi connectivity index (χ0v) is 22.4. The molecular formula is C28H38BN5O4. The fraction of sp³-hybridized carbons (Fsp3) is 0.607. The van der Waals surface area contributed by atoms with Gasteiger partial charge in [0.1, 0.15) is 6.04 Å². The highest BCUT2D eigenvalue weighted by atomic mass is 16.2. The first-order valence-corrected chi connectivity index (χ1v) is 14.0. The molecule has 0 aromatic heterocycles. The summed E-state index contributed by atoms with van der Waals surface area (Å²) in [5.41, 5.74) is 1.48. The van der Waals surface area contributed by atoms with Gasteiger partial charge in [-0.05, 0) is 43.5 Å². The number of carbonyl (C=O) groups is 4. The molecule has 0 saturated carbocycles. The van der Waals surface area contributed by atoms with E-state index in [1.54, 1.807) is 12.1 Å². The third-order valence-corrected chi connectivity index (χ3v) is 8.49. The van der Waals surface area contributed by atoms with Gasteiger partial charge in [0.25, 0.3) is 12.6 Å². The average Bonchev–Trinajstić information content (AvgIpc) is 2.95. The minimum absolute atomic E-state index is 0.184. The van der Waals surface area contributed by atoms with Gasteiger partial charge in [0.2, 0.25) is 11.8 Å². The van der Waals surface area contributed by atoms with E-state index in [4.69, 9.17) is 5.26 Å². The summed E-state index contributed by atoms with van der Waals surface area (Å²) in [5.74, 6) is 1.99. The first-order chi connectivity index (χ1) is 18.4. The highest BCUT2D eigenvalue weighted by Gasteiger charge is 2.33. The van der Waals surface area contributed by atoms with E-state index in [2.05, 4.69) is 21.1 Å². The third kappa shape index (κ3) is 6.81. The van der Waals surface area contributed by atoms with Crippen molar-refractivity contribution in [3.05, 3.63) is 29.3 Å². The predicted octanol–water partition coefficient (Wildman–Crippen LogP) is 2.64. The number of hydrogen-bond donors (Lipinski definition) is 1. The third-order valence-electron chi connectivity index (χ3n) is 8.49. The molecular weight excluding hydrogens is 481 g/mol. The Hall–Kier alpha value is -3.19. The molecule has 0 aliphatic carbocycles. The molecule has 1 unspecified atom stereocenters. The highest BCUT2D eigenvalue weighted by Crippen LogP contribution is 2.29. The van der Waals surface area contributed by atoms with Crippen molar-refractivity contribution in [3.63, 3.8) is 0 Å². The smallest absolute Gasteiger partial charge is 0.267 e. The Morgan fingerprint density at radius 2 is 1.89 bits per heavy atom. The molecule has 0 bridgehead atoms. The van der Waals surface area contributed by atoms with Crippen LogP contribution in [0, 0.1) is 17.1 Å². The molecule has 3 saturated heterocycles. The van der Waals surface area contributed by atoms with Crippen LogP contribution in [0.4, 0.5) is 5.69 Å². The van der Waals surface area contributed by atoms with E-state index in [1.807, 2.05) is 6.07 Å². The monoisotopic (exact) mass is 519 g/mol. The lowest BCUT2D eigenvalue weighted by atomic mass is 9.41. The van der Waals surface area contributed by atoms with E-state index in [1.165, 1.54) is 44.1 Å². The topological polar surface area (TPSA) is 114 Å². The van der Waals surface area contributed by atoms with Crippen LogP contribution in [0.2, 0.25) is 12.6 Å². The van der Waals surface area contributed by atoms with Crippen molar-refractivity contribution in [2.45, 2.75) is 63.6 Å². The Kier molecular flexibility index (Phi) is 9.56. The molecule has 38 heavy (non-hydrogen) atoms. The molecule has 3 fully saturated rings. The molecule has 4 rings (SSSR count). The fourth-order valence-electron chi connectivity index (χ4n) is 6.00. The number of benzene rings is 1. The summed E-state index contributed by atoms with van der Waals surface area (Å²) >= 11 is 0. The van der Waals surface area contributed by atoms with Gasteiger partial charge >= 0.3 is 0 Å². The summed E-state index contributed by atoms with van der Waals surface area (Å²) in [6.45, 7) is 5.02. The number of nitriles is 1. The predicted molar refractivity (Wildman–Crippen MR) is 146 cm³/mol. The maximum Gasteiger partial charge on any atom is 0.267 e. The second-order valence-corrected chi connectivity index (χ2v) is 10.9. The minimum atomic E-state index is -0.731. The van der Waals surface area contributed by atoms with Crippen LogP contribution in [0.15, 0.2) is 18.2 Å². The molecule has 0 radical (unpaired) electrons. The maximum atomic E-state index is 13.1. The van der Waals surface area contributed by atoms with Gasteiger partial charge in [-0.15, -0.1) is 0 Å². The fourth-order valence-corrected chi connectivity index (χ4v) is 6.00. The Morgan fingerprint density at radius 1 is 1.16 bits per heavy atom. The molecule has 202 valence electrons. The Bertz CT molecular complexity index is 1070. The van der Waals surface area contributed by atoms with Crippen LogP contribution in [0.25, 0.3) is 0 Å². The molecule has 9 nitrogen and oxygen atoms in total. The van der Waals surface area contributed by atoms with Crippen molar-refractivity contribution in [2.75, 3.05) is 44.7 Å². The van der Waals surface area contributed by atoms with Crippen molar-refractivity contribution in [2.24, 2.45) is 5.92 Å². The normalized spacial score (nSPS) is 21.1. The van der Waals surface area contributed by atoms with E-state index < -0.39 is 17.9 Å². The van der Waals surface area contributed by atoms with E-state index in [9.17, 15) is 19.2 Å². The van der Waals surface area contributed by atoms with Crippen LogP contribution < -0.4 is 10.2 Å². The molecule has 3 heterocycles. The number of carbonyl (C=O) groups excluding carboxylic acids is 4. The zero-order valence-electron chi connectivity index (χ0n) is 22.4. The van der Waals surface area contributed by atoms with Crippen LogP contribution in [0.3, 0.4) is 0 Å². The maximum absolute atomic E-state index is 13.1. The minimum Gasteiger partial charge on any atom is -0.369 e. The summed E-state index contributed by atoms with van der Waals surface area (Å²) in [5, 5.41) is 11.3. The SMILES string of the molecule is CN(C(=O)c1ccc(N2CCN(CCCCC3CCB(C#N)CC3)CC2)cc1C=O)C1CCC(=O)NC1=O. The molecule has 0 spiro atoms. The highest BCUT2D eigenvalue weighted by molar-refractivity contribution is 6.67. The first-order valence-electron chi connectivity index (χ1n) is 14.0. The molecule has 3 aliphatic rings. The lowest BCUT2D eigenvalue weighted by Gasteiger charge is -2.36. The molecule has 1 atom stereocenters. The van der Waals surface area contributed by atoms with Crippen LogP contribution in [-0.4, -0.2) is 86.3 Å². The summed E-state index contributed by atoms with van der Waals surface area (Å²) in [6, 6.07) is 4.57. The largest absolute Gasteiger partial charge is 0.369 e. The van der Waals surface area contributed by atoms with Gasteiger partial charge in [-0.1, -0.05) is 38.3 Å².